The molecule has 0 aliphatic carbocycles. The van der Waals surface area contributed by atoms with E-state index >= 15 is 0 Å². The Balaban J connectivity index is 1.16. The summed E-state index contributed by atoms with van der Waals surface area (Å²) in [4.78, 5) is 26.4. The van der Waals surface area contributed by atoms with Gasteiger partial charge in [0.05, 0.1) is 39.1 Å². The van der Waals surface area contributed by atoms with Crippen LogP contribution in [-0.4, -0.2) is 198 Å². The van der Waals surface area contributed by atoms with E-state index in [1.54, 1.807) is 0 Å². The average Bonchev–Trinajstić information content (AvgIpc) is 3.45. The van der Waals surface area contributed by atoms with E-state index in [2.05, 4.69) is 0 Å². The fraction of sp³-hybridized carbons (Fsp3) is 0.365. The van der Waals surface area contributed by atoms with Gasteiger partial charge in [-0.15, -0.1) is 0 Å². The minimum atomic E-state index is -2.12. The van der Waals surface area contributed by atoms with Gasteiger partial charge in [-0.2, -0.15) is 0 Å². The minimum absolute atomic E-state index is 0.00280. The highest BCUT2D eigenvalue weighted by molar-refractivity contribution is 5.90. The van der Waals surface area contributed by atoms with Crippen molar-refractivity contribution < 1.29 is 128 Å². The Morgan fingerprint density at radius 1 is 0.615 bits per heavy atom. The van der Waals surface area contributed by atoms with Crippen LogP contribution >= 0.6 is 0 Å². The first-order valence-corrected chi connectivity index (χ1v) is 23.7. The Labute approximate surface area is 441 Å². The molecule has 0 amide bonds. The number of hydrogen-bond acceptors (Lipinski definition) is 25. The fourth-order valence-corrected chi connectivity index (χ4v) is 8.39. The van der Waals surface area contributed by atoms with E-state index in [0.717, 1.165) is 36.4 Å². The van der Waals surface area contributed by atoms with Crippen molar-refractivity contribution in [2.24, 2.45) is 0 Å². The number of aromatic hydroxyl groups is 5. The van der Waals surface area contributed by atoms with Gasteiger partial charge in [-0.1, -0.05) is 12.1 Å². The van der Waals surface area contributed by atoms with Gasteiger partial charge in [-0.05, 0) is 59.7 Å². The van der Waals surface area contributed by atoms with E-state index in [-0.39, 0.29) is 56.6 Å². The van der Waals surface area contributed by atoms with Crippen LogP contribution in [0, 0.1) is 0 Å². The maximum Gasteiger partial charge on any atom is 0.402 e. The smallest absolute Gasteiger partial charge is 0.402 e. The third-order valence-corrected chi connectivity index (χ3v) is 12.6. The first kappa shape index (κ1) is 56.6. The van der Waals surface area contributed by atoms with Crippen LogP contribution < -0.4 is 18.9 Å². The molecule has 3 aliphatic heterocycles. The van der Waals surface area contributed by atoms with Gasteiger partial charge in [0, 0.05) is 30.4 Å². The Morgan fingerprint density at radius 2 is 1.27 bits per heavy atom. The Kier molecular flexibility index (Phi) is 17.7. The van der Waals surface area contributed by atoms with Crippen LogP contribution in [0.1, 0.15) is 11.1 Å². The quantitative estimate of drug-likeness (QED) is 0.0257. The van der Waals surface area contributed by atoms with Crippen LogP contribution in [0.15, 0.2) is 89.4 Å². The molecular formula is C52H55O26+. The molecule has 1 aromatic heterocycles. The molecule has 13 N–H and O–H groups in total. The second-order valence-electron chi connectivity index (χ2n) is 17.9. The number of carbonyl (C=O) groups excluding carboxylic acids is 2. The molecule has 26 nitrogen and oxygen atoms in total. The van der Waals surface area contributed by atoms with Crippen molar-refractivity contribution in [3.8, 4) is 63.1 Å². The highest BCUT2D eigenvalue weighted by atomic mass is 16.8. The number of phenols is 5. The predicted octanol–water partition coefficient (Wildman–Crippen LogP) is 0.275. The molecule has 5 aromatic rings. The molecule has 0 radical (unpaired) electrons. The monoisotopic (exact) mass is 1100 g/mol. The standard InChI is InChI=1S/C52H54O26/c1-68-33-13-23(14-34(69-2)41(33)62)6-12-39(60)77-48-40(61)30(58)20-71-51(48)78-49-45(66)43(64)37(21-70-38(59)11-5-22-3-8-25(54)9-4-22)76-52(49)74-35-18-27-31(72-47(35)24-7-10-28(56)29(57)15-24)16-26(55)17-32(27)73-50-46(67)44(65)42(63)36(19-53)75-50/h3-18,30,36-37,40,42-46,48-53,58,61,63-67H,19-21H2,1-2H3,(H4-,54,55,56,57,59,60,62)/p+1/t30-,36+,37+,40-,42+,43+,44+,45-,46-,48-,49-,50+,51-,52+/m0/s1. The maximum absolute atomic E-state index is 13.4. The number of aliphatic hydroxyl groups excluding tert-OH is 8. The lowest BCUT2D eigenvalue weighted by atomic mass is 9.98. The summed E-state index contributed by atoms with van der Waals surface area (Å²) in [6.45, 7) is -2.22. The number of rotatable bonds is 17. The molecule has 3 aliphatic rings. The lowest BCUT2D eigenvalue weighted by molar-refractivity contribution is -0.345. The molecule has 3 saturated heterocycles. The summed E-state index contributed by atoms with van der Waals surface area (Å²) in [6.07, 6.45) is -21.5. The third kappa shape index (κ3) is 12.6. The Hall–Kier alpha value is -7.57. The molecule has 8 rings (SSSR count). The molecule has 0 bridgehead atoms. The molecule has 0 saturated carbocycles. The van der Waals surface area contributed by atoms with E-state index in [9.17, 15) is 76.0 Å². The van der Waals surface area contributed by atoms with Crippen LogP contribution in [0.2, 0.25) is 0 Å². The van der Waals surface area contributed by atoms with Crippen molar-refractivity contribution >= 4 is 35.1 Å². The van der Waals surface area contributed by atoms with E-state index in [0.29, 0.717) is 5.56 Å². The van der Waals surface area contributed by atoms with Crippen molar-refractivity contribution in [1.29, 1.82) is 0 Å². The Morgan fingerprint density at radius 3 is 1.95 bits per heavy atom. The van der Waals surface area contributed by atoms with Gasteiger partial charge < -0.3 is 114 Å². The number of methoxy groups -OCH3 is 2. The van der Waals surface area contributed by atoms with Gasteiger partial charge in [-0.3, -0.25) is 0 Å². The van der Waals surface area contributed by atoms with Crippen LogP contribution in [0.5, 0.6) is 51.7 Å². The fourth-order valence-electron chi connectivity index (χ4n) is 8.39. The number of esters is 2. The zero-order valence-electron chi connectivity index (χ0n) is 41.1. The zero-order chi connectivity index (χ0) is 56.1. The number of benzene rings is 4. The van der Waals surface area contributed by atoms with Crippen LogP contribution in [0.4, 0.5) is 0 Å². The molecule has 0 spiro atoms. The molecular weight excluding hydrogens is 1040 g/mol. The van der Waals surface area contributed by atoms with Crippen molar-refractivity contribution in [2.45, 2.75) is 86.0 Å². The average molecular weight is 1100 g/mol. The normalized spacial score (nSPS) is 28.3. The predicted molar refractivity (Wildman–Crippen MR) is 262 cm³/mol. The summed E-state index contributed by atoms with van der Waals surface area (Å²) in [6, 6.07) is 15.3. The molecule has 3 fully saturated rings. The highest BCUT2D eigenvalue weighted by Gasteiger charge is 2.52. The van der Waals surface area contributed by atoms with Crippen LogP contribution in [0.3, 0.4) is 0 Å². The minimum Gasteiger partial charge on any atom is -0.508 e. The lowest BCUT2D eigenvalue weighted by Gasteiger charge is -2.45. The van der Waals surface area contributed by atoms with E-state index in [4.69, 9.17) is 51.8 Å². The number of hydrogen-bond donors (Lipinski definition) is 13. The van der Waals surface area contributed by atoms with Gasteiger partial charge in [0.2, 0.25) is 24.1 Å². The van der Waals surface area contributed by atoms with Crippen molar-refractivity contribution in [1.82, 2.24) is 0 Å². The summed E-state index contributed by atoms with van der Waals surface area (Å²) in [5, 5.41) is 139. The molecule has 4 aromatic carbocycles. The number of fused-ring (bicyclic) bond motifs is 1. The zero-order valence-corrected chi connectivity index (χ0v) is 41.1. The van der Waals surface area contributed by atoms with Crippen molar-refractivity contribution in [3.63, 3.8) is 0 Å². The summed E-state index contributed by atoms with van der Waals surface area (Å²) in [5.74, 6) is -5.22. The number of carbonyl (C=O) groups is 2. The van der Waals surface area contributed by atoms with E-state index < -0.39 is 141 Å². The van der Waals surface area contributed by atoms with Gasteiger partial charge in [0.15, 0.2) is 41.5 Å². The van der Waals surface area contributed by atoms with E-state index in [1.165, 1.54) is 74.9 Å². The molecule has 26 heteroatoms. The van der Waals surface area contributed by atoms with Crippen molar-refractivity contribution in [2.75, 3.05) is 34.0 Å². The van der Waals surface area contributed by atoms with Gasteiger partial charge in [0.25, 0.3) is 0 Å². The second kappa shape index (κ2) is 24.4. The molecule has 418 valence electrons. The largest absolute Gasteiger partial charge is 0.508 e. The van der Waals surface area contributed by atoms with Crippen LogP contribution in [0.25, 0.3) is 34.4 Å². The molecule has 78 heavy (non-hydrogen) atoms. The van der Waals surface area contributed by atoms with Crippen molar-refractivity contribution in [3.05, 3.63) is 96.1 Å². The SMILES string of the molecule is COc1cc(C=CC(=O)O[C@@H]2[C@H](O[C@@H]3[C@H](Oc4cc5c(O[C@@H]6O[C@H](CO)[C@@H](O)[C@@H](O)[C@@H]6O)cc(O)cc5[o+]c4-c4ccc(O)c(O)c4)O[C@H](COC(=O)C=Cc4ccc(O)cc4)[C@@H](O)[C@@H]3O)OC[C@H](O)[C@@H]2O)cc(OC)c1O. The Bertz CT molecular complexity index is 2960. The topological polar surface area (TPSA) is 401 Å². The highest BCUT2D eigenvalue weighted by Crippen LogP contribution is 2.44. The lowest BCUT2D eigenvalue weighted by Crippen LogP contribution is -2.64. The molecule has 14 atom stereocenters. The molecule has 0 unspecified atom stereocenters. The van der Waals surface area contributed by atoms with Gasteiger partial charge >= 0.3 is 23.3 Å². The van der Waals surface area contributed by atoms with Crippen LogP contribution in [-0.2, 0) is 38.0 Å². The summed E-state index contributed by atoms with van der Waals surface area (Å²) >= 11 is 0. The second-order valence-corrected chi connectivity index (χ2v) is 17.9. The first-order valence-electron chi connectivity index (χ1n) is 23.7. The maximum atomic E-state index is 13.4. The van der Waals surface area contributed by atoms with Gasteiger partial charge in [0.1, 0.15) is 84.2 Å². The summed E-state index contributed by atoms with van der Waals surface area (Å²) in [5.41, 5.74) is 0.550. The first-order chi connectivity index (χ1) is 37.3. The molecule has 4 heterocycles. The summed E-state index contributed by atoms with van der Waals surface area (Å²) < 4.78 is 63.5. The number of phenolic OH excluding ortho intramolecular Hbond substituents is 5. The third-order valence-electron chi connectivity index (χ3n) is 12.6. The number of ether oxygens (including phenoxy) is 10. The number of aliphatic hydroxyl groups is 8. The van der Waals surface area contributed by atoms with E-state index in [1.807, 2.05) is 0 Å². The van der Waals surface area contributed by atoms with Gasteiger partial charge in [-0.25, -0.2) is 14.0 Å². The summed E-state index contributed by atoms with van der Waals surface area (Å²) in [7, 11) is 2.58.